The van der Waals surface area contributed by atoms with E-state index < -0.39 is 5.91 Å². The van der Waals surface area contributed by atoms with Crippen LogP contribution < -0.4 is 21.9 Å². The molecule has 156 valence electrons. The van der Waals surface area contributed by atoms with E-state index in [1.54, 1.807) is 24.5 Å². The lowest BCUT2D eigenvalue weighted by Gasteiger charge is -2.11. The van der Waals surface area contributed by atoms with E-state index >= 15 is 0 Å². The highest BCUT2D eigenvalue weighted by Gasteiger charge is 2.16. The fraction of sp³-hybridized carbons (Fsp3) is 0.0952. The molecule has 4 aromatic rings. The molecular formula is C21H19N7O2S. The molecule has 10 heteroatoms. The van der Waals surface area contributed by atoms with Crippen LogP contribution in [0.4, 0.5) is 10.6 Å². The van der Waals surface area contributed by atoms with Gasteiger partial charge in [-0.1, -0.05) is 12.1 Å². The molecule has 0 saturated carbocycles. The first-order chi connectivity index (χ1) is 15.1. The standard InChI is InChI=1S/C21H19N7O2S/c1-2-24-21(30)27-18-8-14(20-26-16-5-3-4-6-17(16)31-20)15(11-25-18)12-7-13(10-23-9-12)19(29)28-22/h3-11H,2,22H2,1H3,(H,28,29)(H2,24,25,27,30). The number of nitrogens with two attached hydrogens (primary N) is 1. The van der Waals surface area contributed by atoms with Crippen LogP contribution in [0.15, 0.2) is 55.0 Å². The third-order valence-electron chi connectivity index (χ3n) is 4.45. The number of hydrogen-bond donors (Lipinski definition) is 4. The van der Waals surface area contributed by atoms with Crippen molar-refractivity contribution in [2.24, 2.45) is 5.84 Å². The normalized spacial score (nSPS) is 10.6. The van der Waals surface area contributed by atoms with Crippen molar-refractivity contribution < 1.29 is 9.59 Å². The molecule has 5 N–H and O–H groups in total. The summed E-state index contributed by atoms with van der Waals surface area (Å²) in [6.07, 6.45) is 4.70. The van der Waals surface area contributed by atoms with Gasteiger partial charge in [0.15, 0.2) is 0 Å². The summed E-state index contributed by atoms with van der Waals surface area (Å²) >= 11 is 1.53. The Morgan fingerprint density at radius 2 is 1.94 bits per heavy atom. The summed E-state index contributed by atoms with van der Waals surface area (Å²) in [4.78, 5) is 37.2. The van der Waals surface area contributed by atoms with Crippen LogP contribution in [0, 0.1) is 0 Å². The van der Waals surface area contributed by atoms with Crippen LogP contribution in [0.2, 0.25) is 0 Å². The molecule has 3 aromatic heterocycles. The van der Waals surface area contributed by atoms with Gasteiger partial charge in [-0.2, -0.15) is 0 Å². The molecule has 0 saturated heterocycles. The lowest BCUT2D eigenvalue weighted by Crippen LogP contribution is -2.30. The number of hydrogen-bond acceptors (Lipinski definition) is 7. The summed E-state index contributed by atoms with van der Waals surface area (Å²) in [5, 5.41) is 6.16. The predicted octanol–water partition coefficient (Wildman–Crippen LogP) is 3.17. The summed E-state index contributed by atoms with van der Waals surface area (Å²) in [5.41, 5.74) is 5.45. The number of carbonyl (C=O) groups excluding carboxylic acids is 2. The molecule has 0 fully saturated rings. The van der Waals surface area contributed by atoms with Gasteiger partial charge in [0, 0.05) is 41.8 Å². The van der Waals surface area contributed by atoms with Crippen molar-refractivity contribution in [3.63, 3.8) is 0 Å². The zero-order valence-electron chi connectivity index (χ0n) is 16.5. The number of urea groups is 1. The molecule has 9 nitrogen and oxygen atoms in total. The quantitative estimate of drug-likeness (QED) is 0.217. The monoisotopic (exact) mass is 433 g/mol. The number of benzene rings is 1. The topological polar surface area (TPSA) is 135 Å². The fourth-order valence-corrected chi connectivity index (χ4v) is 4.03. The summed E-state index contributed by atoms with van der Waals surface area (Å²) in [7, 11) is 0. The Hall–Kier alpha value is -3.89. The predicted molar refractivity (Wildman–Crippen MR) is 120 cm³/mol. The van der Waals surface area contributed by atoms with E-state index in [0.29, 0.717) is 23.5 Å². The number of amides is 3. The van der Waals surface area contributed by atoms with Crippen LogP contribution >= 0.6 is 11.3 Å². The van der Waals surface area contributed by atoms with Crippen LogP contribution in [0.25, 0.3) is 31.9 Å². The number of nitrogens with zero attached hydrogens (tertiary/aromatic N) is 3. The van der Waals surface area contributed by atoms with Crippen molar-refractivity contribution in [1.29, 1.82) is 0 Å². The molecule has 0 radical (unpaired) electrons. The average molecular weight is 433 g/mol. The van der Waals surface area contributed by atoms with Crippen molar-refractivity contribution >= 4 is 39.3 Å². The minimum absolute atomic E-state index is 0.319. The summed E-state index contributed by atoms with van der Waals surface area (Å²) < 4.78 is 1.04. The maximum atomic E-state index is 12.0. The lowest BCUT2D eigenvalue weighted by molar-refractivity contribution is 0.0953. The van der Waals surface area contributed by atoms with Gasteiger partial charge in [-0.25, -0.2) is 20.6 Å². The van der Waals surface area contributed by atoms with Gasteiger partial charge in [0.2, 0.25) is 0 Å². The first-order valence-electron chi connectivity index (χ1n) is 9.46. The van der Waals surface area contributed by atoms with Crippen molar-refractivity contribution in [3.05, 3.63) is 60.6 Å². The first kappa shape index (κ1) is 20.4. The fourth-order valence-electron chi connectivity index (χ4n) is 3.03. The third kappa shape index (κ3) is 4.34. The maximum absolute atomic E-state index is 12.0. The van der Waals surface area contributed by atoms with Crippen LogP contribution in [0.3, 0.4) is 0 Å². The molecule has 0 aliphatic carbocycles. The lowest BCUT2D eigenvalue weighted by atomic mass is 10.0. The van der Waals surface area contributed by atoms with E-state index in [9.17, 15) is 9.59 Å². The highest BCUT2D eigenvalue weighted by atomic mass is 32.1. The van der Waals surface area contributed by atoms with E-state index in [4.69, 9.17) is 10.8 Å². The average Bonchev–Trinajstić information content (AvgIpc) is 3.23. The second-order valence-electron chi connectivity index (χ2n) is 6.52. The Balaban J connectivity index is 1.84. The molecule has 0 bridgehead atoms. The molecule has 0 atom stereocenters. The Morgan fingerprint density at radius 1 is 1.10 bits per heavy atom. The van der Waals surface area contributed by atoms with Crippen LogP contribution in [0.1, 0.15) is 17.3 Å². The van der Waals surface area contributed by atoms with E-state index in [1.165, 1.54) is 17.5 Å². The summed E-state index contributed by atoms with van der Waals surface area (Å²) in [6, 6.07) is 10.9. The van der Waals surface area contributed by atoms with Gasteiger partial charge in [-0.15, -0.1) is 11.3 Å². The largest absolute Gasteiger partial charge is 0.338 e. The number of fused-ring (bicyclic) bond motifs is 1. The number of para-hydroxylation sites is 1. The van der Waals surface area contributed by atoms with E-state index in [2.05, 4.69) is 26.0 Å². The van der Waals surface area contributed by atoms with Gasteiger partial charge in [-0.05, 0) is 31.2 Å². The second kappa shape index (κ2) is 8.86. The van der Waals surface area contributed by atoms with Gasteiger partial charge in [0.25, 0.3) is 5.91 Å². The number of anilines is 1. The van der Waals surface area contributed by atoms with E-state index in [-0.39, 0.29) is 6.03 Å². The Kier molecular flexibility index (Phi) is 5.83. The van der Waals surface area contributed by atoms with Gasteiger partial charge in [0.1, 0.15) is 10.8 Å². The van der Waals surface area contributed by atoms with Crippen molar-refractivity contribution in [3.8, 4) is 21.7 Å². The second-order valence-corrected chi connectivity index (χ2v) is 7.55. The maximum Gasteiger partial charge on any atom is 0.320 e. The van der Waals surface area contributed by atoms with Gasteiger partial charge in [-0.3, -0.25) is 20.5 Å². The first-order valence-corrected chi connectivity index (χ1v) is 10.3. The minimum Gasteiger partial charge on any atom is -0.338 e. The molecule has 4 rings (SSSR count). The van der Waals surface area contributed by atoms with E-state index in [0.717, 1.165) is 26.4 Å². The van der Waals surface area contributed by atoms with Crippen molar-refractivity contribution in [2.75, 3.05) is 11.9 Å². The van der Waals surface area contributed by atoms with Gasteiger partial charge in [0.05, 0.1) is 15.8 Å². The Morgan fingerprint density at radius 3 is 2.71 bits per heavy atom. The SMILES string of the molecule is CCNC(=O)Nc1cc(-c2nc3ccccc3s2)c(-c2cncc(C(=O)NN)c2)cn1. The summed E-state index contributed by atoms with van der Waals surface area (Å²) in [6.45, 7) is 2.33. The smallest absolute Gasteiger partial charge is 0.320 e. The van der Waals surface area contributed by atoms with E-state index in [1.807, 2.05) is 31.2 Å². The van der Waals surface area contributed by atoms with Crippen LogP contribution in [-0.4, -0.2) is 33.4 Å². The number of rotatable bonds is 5. The molecular weight excluding hydrogens is 414 g/mol. The molecule has 0 aliphatic rings. The number of thiazole rings is 1. The molecule has 31 heavy (non-hydrogen) atoms. The number of pyridine rings is 2. The Labute approximate surface area is 181 Å². The van der Waals surface area contributed by atoms with Gasteiger partial charge < -0.3 is 5.32 Å². The Bertz CT molecular complexity index is 1240. The van der Waals surface area contributed by atoms with Crippen molar-refractivity contribution in [2.45, 2.75) is 6.92 Å². The molecule has 0 unspecified atom stereocenters. The van der Waals surface area contributed by atoms with Crippen LogP contribution in [0.5, 0.6) is 0 Å². The summed E-state index contributed by atoms with van der Waals surface area (Å²) in [5.74, 6) is 5.19. The number of nitrogens with one attached hydrogen (secondary N) is 3. The minimum atomic E-state index is -0.446. The zero-order valence-corrected chi connectivity index (χ0v) is 17.4. The number of aromatic nitrogens is 3. The number of carbonyl (C=O) groups is 2. The highest BCUT2D eigenvalue weighted by molar-refractivity contribution is 7.21. The number of hydrazine groups is 1. The zero-order chi connectivity index (χ0) is 21.8. The highest BCUT2D eigenvalue weighted by Crippen LogP contribution is 2.37. The van der Waals surface area contributed by atoms with Crippen molar-refractivity contribution in [1.82, 2.24) is 25.7 Å². The molecule has 1 aromatic carbocycles. The molecule has 3 amide bonds. The molecule has 0 aliphatic heterocycles. The molecule has 0 spiro atoms. The third-order valence-corrected chi connectivity index (χ3v) is 5.52. The van der Waals surface area contributed by atoms with Crippen LogP contribution in [-0.2, 0) is 0 Å². The van der Waals surface area contributed by atoms with Gasteiger partial charge >= 0.3 is 6.03 Å². The molecule has 3 heterocycles. The number of nitrogen functional groups attached to an aromatic ring is 1.